The first-order chi connectivity index (χ1) is 9.85. The maximum absolute atomic E-state index is 5.70. The van der Waals surface area contributed by atoms with Gasteiger partial charge in [-0.2, -0.15) is 0 Å². The van der Waals surface area contributed by atoms with Gasteiger partial charge in [0.1, 0.15) is 11.5 Å². The number of unbranched alkanes of at least 4 members (excludes halogenated alkanes) is 1. The van der Waals surface area contributed by atoms with Gasteiger partial charge in [0.15, 0.2) is 0 Å². The summed E-state index contributed by atoms with van der Waals surface area (Å²) >= 11 is 0. The smallest absolute Gasteiger partial charge is 0.119 e. The van der Waals surface area contributed by atoms with E-state index in [1.54, 1.807) is 0 Å². The van der Waals surface area contributed by atoms with Crippen molar-refractivity contribution in [2.24, 2.45) is 0 Å². The first kappa shape index (κ1) is 14.9. The molecule has 0 fully saturated rings. The Morgan fingerprint density at radius 1 is 1.25 bits per heavy atom. The maximum atomic E-state index is 5.70. The molecule has 1 aromatic carbocycles. The van der Waals surface area contributed by atoms with Gasteiger partial charge in [0.2, 0.25) is 0 Å². The number of nitrogens with one attached hydrogen (secondary N) is 1. The van der Waals surface area contributed by atoms with Crippen LogP contribution in [0, 0.1) is 0 Å². The van der Waals surface area contributed by atoms with Crippen molar-refractivity contribution in [2.45, 2.75) is 39.2 Å². The summed E-state index contributed by atoms with van der Waals surface area (Å²) in [5, 5.41) is 3.48. The van der Waals surface area contributed by atoms with Crippen molar-refractivity contribution >= 4 is 0 Å². The van der Waals surface area contributed by atoms with Crippen LogP contribution in [0.3, 0.4) is 0 Å². The van der Waals surface area contributed by atoms with Gasteiger partial charge in [-0.05, 0) is 36.7 Å². The molecule has 0 aliphatic carbocycles. The lowest BCUT2D eigenvalue weighted by Gasteiger charge is -2.20. The quantitative estimate of drug-likeness (QED) is 0.732. The van der Waals surface area contributed by atoms with E-state index in [9.17, 15) is 0 Å². The van der Waals surface area contributed by atoms with E-state index in [2.05, 4.69) is 37.4 Å². The van der Waals surface area contributed by atoms with E-state index >= 15 is 0 Å². The van der Waals surface area contributed by atoms with Gasteiger partial charge in [-0.15, -0.1) is 0 Å². The highest BCUT2D eigenvalue weighted by atomic mass is 16.5. The molecule has 1 aromatic rings. The Kier molecular flexibility index (Phi) is 5.93. The van der Waals surface area contributed by atoms with E-state index in [0.717, 1.165) is 50.5 Å². The van der Waals surface area contributed by atoms with E-state index in [1.807, 2.05) is 12.1 Å². The van der Waals surface area contributed by atoms with Crippen molar-refractivity contribution in [2.75, 3.05) is 19.8 Å². The van der Waals surface area contributed by atoms with E-state index in [4.69, 9.17) is 9.47 Å². The van der Waals surface area contributed by atoms with Gasteiger partial charge >= 0.3 is 0 Å². The molecule has 0 bridgehead atoms. The summed E-state index contributed by atoms with van der Waals surface area (Å²) in [6.45, 7) is 6.80. The molecule has 0 aromatic heterocycles. The SMILES string of the molecule is CCCCOc1ccc(C(NCC)C2=CCCO2)cc1. The minimum absolute atomic E-state index is 0.159. The average Bonchev–Trinajstić information content (AvgIpc) is 3.00. The largest absolute Gasteiger partial charge is 0.496 e. The molecular weight excluding hydrogens is 250 g/mol. The molecule has 2 rings (SSSR count). The van der Waals surface area contributed by atoms with Gasteiger partial charge < -0.3 is 14.8 Å². The molecule has 1 aliphatic rings. The Balaban J connectivity index is 2.02. The lowest BCUT2D eigenvalue weighted by molar-refractivity contribution is 0.216. The molecule has 1 N–H and O–H groups in total. The van der Waals surface area contributed by atoms with Crippen molar-refractivity contribution in [3.63, 3.8) is 0 Å². The zero-order chi connectivity index (χ0) is 14.2. The van der Waals surface area contributed by atoms with Crippen molar-refractivity contribution in [3.05, 3.63) is 41.7 Å². The zero-order valence-corrected chi connectivity index (χ0v) is 12.5. The standard InChI is InChI=1S/C17H25NO2/c1-3-5-12-19-15-10-8-14(9-11-15)17(18-4-2)16-7-6-13-20-16/h7-11,17-18H,3-6,12-13H2,1-2H3. The summed E-state index contributed by atoms with van der Waals surface area (Å²) < 4.78 is 11.4. The van der Waals surface area contributed by atoms with Crippen molar-refractivity contribution in [3.8, 4) is 5.75 Å². The Hall–Kier alpha value is -1.48. The minimum Gasteiger partial charge on any atom is -0.496 e. The molecular formula is C17H25NO2. The van der Waals surface area contributed by atoms with Crippen LogP contribution >= 0.6 is 0 Å². The molecule has 0 radical (unpaired) electrons. The Bertz CT molecular complexity index is 425. The highest BCUT2D eigenvalue weighted by Gasteiger charge is 2.19. The van der Waals surface area contributed by atoms with Crippen LogP contribution in [0.2, 0.25) is 0 Å². The first-order valence-corrected chi connectivity index (χ1v) is 7.64. The topological polar surface area (TPSA) is 30.5 Å². The number of likely N-dealkylation sites (N-methyl/N-ethyl adjacent to an activating group) is 1. The predicted molar refractivity (Wildman–Crippen MR) is 81.9 cm³/mol. The lowest BCUT2D eigenvalue weighted by Crippen LogP contribution is -2.23. The number of ether oxygens (including phenoxy) is 2. The van der Waals surface area contributed by atoms with Gasteiger partial charge in [0.05, 0.1) is 19.3 Å². The van der Waals surface area contributed by atoms with Crippen LogP contribution < -0.4 is 10.1 Å². The van der Waals surface area contributed by atoms with Crippen LogP contribution in [-0.4, -0.2) is 19.8 Å². The van der Waals surface area contributed by atoms with E-state index in [1.165, 1.54) is 5.56 Å². The molecule has 0 saturated carbocycles. The first-order valence-electron chi connectivity index (χ1n) is 7.64. The second-order valence-electron chi connectivity index (χ2n) is 5.01. The third kappa shape index (κ3) is 4.01. The molecule has 1 aliphatic heterocycles. The molecule has 0 spiro atoms. The molecule has 1 atom stereocenters. The molecule has 1 unspecified atom stereocenters. The molecule has 3 nitrogen and oxygen atoms in total. The second kappa shape index (κ2) is 7.95. The third-order valence-electron chi connectivity index (χ3n) is 3.40. The van der Waals surface area contributed by atoms with Gasteiger partial charge in [-0.25, -0.2) is 0 Å². The van der Waals surface area contributed by atoms with Crippen LogP contribution in [0.25, 0.3) is 0 Å². The van der Waals surface area contributed by atoms with Crippen LogP contribution in [0.15, 0.2) is 36.1 Å². The van der Waals surface area contributed by atoms with E-state index < -0.39 is 0 Å². The predicted octanol–water partition coefficient (Wildman–Crippen LogP) is 3.82. The minimum atomic E-state index is 0.159. The van der Waals surface area contributed by atoms with Crippen molar-refractivity contribution in [1.29, 1.82) is 0 Å². The monoisotopic (exact) mass is 275 g/mol. The Morgan fingerprint density at radius 3 is 2.65 bits per heavy atom. The summed E-state index contributed by atoms with van der Waals surface area (Å²) in [7, 11) is 0. The summed E-state index contributed by atoms with van der Waals surface area (Å²) in [4.78, 5) is 0. The maximum Gasteiger partial charge on any atom is 0.119 e. The van der Waals surface area contributed by atoms with E-state index in [-0.39, 0.29) is 6.04 Å². The van der Waals surface area contributed by atoms with Crippen LogP contribution in [0.4, 0.5) is 0 Å². The fourth-order valence-corrected chi connectivity index (χ4v) is 2.32. The molecule has 1 heterocycles. The molecule has 3 heteroatoms. The van der Waals surface area contributed by atoms with Gasteiger partial charge in [0.25, 0.3) is 0 Å². The fourth-order valence-electron chi connectivity index (χ4n) is 2.32. The number of rotatable bonds is 8. The van der Waals surface area contributed by atoms with Crippen LogP contribution in [0.1, 0.15) is 44.7 Å². The molecule has 0 saturated heterocycles. The Labute approximate surface area is 122 Å². The molecule has 110 valence electrons. The second-order valence-corrected chi connectivity index (χ2v) is 5.01. The average molecular weight is 275 g/mol. The van der Waals surface area contributed by atoms with Crippen molar-refractivity contribution < 1.29 is 9.47 Å². The van der Waals surface area contributed by atoms with Gasteiger partial charge in [-0.1, -0.05) is 32.4 Å². The highest BCUT2D eigenvalue weighted by Crippen LogP contribution is 2.27. The van der Waals surface area contributed by atoms with Crippen LogP contribution in [0.5, 0.6) is 5.75 Å². The zero-order valence-electron chi connectivity index (χ0n) is 12.5. The summed E-state index contributed by atoms with van der Waals surface area (Å²) in [6.07, 6.45) is 5.45. The fraction of sp³-hybridized carbons (Fsp3) is 0.529. The normalized spacial score (nSPS) is 15.6. The number of hydrogen-bond acceptors (Lipinski definition) is 3. The summed E-state index contributed by atoms with van der Waals surface area (Å²) in [5.74, 6) is 1.99. The summed E-state index contributed by atoms with van der Waals surface area (Å²) in [6, 6.07) is 8.50. The Morgan fingerprint density at radius 2 is 2.05 bits per heavy atom. The van der Waals surface area contributed by atoms with Crippen molar-refractivity contribution in [1.82, 2.24) is 5.32 Å². The highest BCUT2D eigenvalue weighted by molar-refractivity contribution is 5.32. The summed E-state index contributed by atoms with van der Waals surface area (Å²) in [5.41, 5.74) is 1.22. The molecule has 20 heavy (non-hydrogen) atoms. The lowest BCUT2D eigenvalue weighted by atomic mass is 10.0. The molecule has 0 amide bonds. The number of hydrogen-bond donors (Lipinski definition) is 1. The van der Waals surface area contributed by atoms with Gasteiger partial charge in [-0.3, -0.25) is 0 Å². The van der Waals surface area contributed by atoms with Gasteiger partial charge in [0, 0.05) is 6.42 Å². The van der Waals surface area contributed by atoms with Crippen LogP contribution in [-0.2, 0) is 4.74 Å². The van der Waals surface area contributed by atoms with E-state index in [0.29, 0.717) is 0 Å². The number of benzene rings is 1. The third-order valence-corrected chi connectivity index (χ3v) is 3.40.